The number of halogens is 1. The lowest BCUT2D eigenvalue weighted by molar-refractivity contribution is -0.140. The van der Waals surface area contributed by atoms with Crippen molar-refractivity contribution in [3.05, 3.63) is 23.0 Å². The molecule has 0 saturated heterocycles. The molecule has 3 saturated carbocycles. The highest BCUT2D eigenvalue weighted by molar-refractivity contribution is 5.91. The van der Waals surface area contributed by atoms with Crippen LogP contribution in [0.15, 0.2) is 23.0 Å². The van der Waals surface area contributed by atoms with E-state index in [2.05, 4.69) is 20.8 Å². The Labute approximate surface area is 186 Å². The fourth-order valence-electron chi connectivity index (χ4n) is 7.96. The molecule has 4 rings (SSSR count). The molecule has 0 radical (unpaired) electrons. The molecule has 0 aromatic rings. The van der Waals surface area contributed by atoms with Crippen LogP contribution < -0.4 is 0 Å². The predicted molar refractivity (Wildman–Crippen MR) is 120 cm³/mol. The highest BCUT2D eigenvalue weighted by Crippen LogP contribution is 2.68. The third-order valence-electron chi connectivity index (χ3n) is 9.57. The van der Waals surface area contributed by atoms with Gasteiger partial charge in [-0.25, -0.2) is 4.79 Å². The van der Waals surface area contributed by atoms with Gasteiger partial charge in [-0.05, 0) is 98.0 Å². The topological polar surface area (TPSA) is 43.4 Å². The van der Waals surface area contributed by atoms with Crippen molar-refractivity contribution in [2.75, 3.05) is 6.61 Å². The summed E-state index contributed by atoms with van der Waals surface area (Å²) < 4.78 is 20.2. The highest BCUT2D eigenvalue weighted by Gasteiger charge is 2.60. The van der Waals surface area contributed by atoms with Crippen molar-refractivity contribution in [3.8, 4) is 0 Å². The highest BCUT2D eigenvalue weighted by atomic mass is 19.1. The van der Waals surface area contributed by atoms with E-state index >= 15 is 4.39 Å². The van der Waals surface area contributed by atoms with Gasteiger partial charge in [0.2, 0.25) is 5.83 Å². The molecule has 4 aliphatic rings. The van der Waals surface area contributed by atoms with Gasteiger partial charge in [-0.2, -0.15) is 4.39 Å². The predicted octanol–water partition coefficient (Wildman–Crippen LogP) is 6.72. The maximum atomic E-state index is 15.2. The summed E-state index contributed by atoms with van der Waals surface area (Å²) in [5, 5.41) is 0. The summed E-state index contributed by atoms with van der Waals surface area (Å²) in [4.78, 5) is 24.5. The van der Waals surface area contributed by atoms with Crippen molar-refractivity contribution < 1.29 is 18.7 Å². The number of rotatable bonds is 5. The fourth-order valence-corrected chi connectivity index (χ4v) is 7.96. The maximum Gasteiger partial charge on any atom is 0.367 e. The van der Waals surface area contributed by atoms with Gasteiger partial charge in [0.05, 0.1) is 6.61 Å². The SMILES string of the molecule is CCCC[C@@H]1CC2=CC(=O)CC[C@]2(C)[C@H]2CC[C@]3(C)C(=C(F)C(=O)OCC)CC[C@H]3[C@H]12. The van der Waals surface area contributed by atoms with E-state index in [-0.39, 0.29) is 17.4 Å². The molecule has 3 nitrogen and oxygen atoms in total. The fraction of sp³-hybridized carbons (Fsp3) is 0.778. The largest absolute Gasteiger partial charge is 0.461 e. The molecule has 4 aliphatic carbocycles. The zero-order valence-electron chi connectivity index (χ0n) is 19.8. The van der Waals surface area contributed by atoms with Gasteiger partial charge in [0.15, 0.2) is 5.78 Å². The molecule has 0 N–H and O–H groups in total. The van der Waals surface area contributed by atoms with Crippen molar-refractivity contribution in [3.63, 3.8) is 0 Å². The van der Waals surface area contributed by atoms with Gasteiger partial charge < -0.3 is 4.74 Å². The summed E-state index contributed by atoms with van der Waals surface area (Å²) in [5.74, 6) is 0.975. The minimum atomic E-state index is -0.782. The molecule has 0 bridgehead atoms. The van der Waals surface area contributed by atoms with Crippen LogP contribution in [0.3, 0.4) is 0 Å². The molecule has 3 fully saturated rings. The molecule has 31 heavy (non-hydrogen) atoms. The van der Waals surface area contributed by atoms with Crippen LogP contribution in [0.4, 0.5) is 4.39 Å². The number of hydrogen-bond donors (Lipinski definition) is 0. The summed E-state index contributed by atoms with van der Waals surface area (Å²) >= 11 is 0. The number of carbonyl (C=O) groups excluding carboxylic acids is 2. The van der Waals surface area contributed by atoms with E-state index in [1.165, 1.54) is 24.8 Å². The summed E-state index contributed by atoms with van der Waals surface area (Å²) in [7, 11) is 0. The van der Waals surface area contributed by atoms with Crippen molar-refractivity contribution in [2.24, 2.45) is 34.5 Å². The first-order valence-corrected chi connectivity index (χ1v) is 12.6. The van der Waals surface area contributed by atoms with Crippen molar-refractivity contribution in [1.29, 1.82) is 0 Å². The molecular formula is C27H39FO3. The van der Waals surface area contributed by atoms with E-state index in [0.717, 1.165) is 32.1 Å². The van der Waals surface area contributed by atoms with Crippen LogP contribution in [0, 0.1) is 34.5 Å². The zero-order valence-corrected chi connectivity index (χ0v) is 19.8. The van der Waals surface area contributed by atoms with Gasteiger partial charge in [0.1, 0.15) is 0 Å². The second kappa shape index (κ2) is 8.48. The Kier molecular flexibility index (Phi) is 6.22. The molecule has 0 heterocycles. The van der Waals surface area contributed by atoms with E-state index in [0.29, 0.717) is 47.9 Å². The first-order valence-electron chi connectivity index (χ1n) is 12.6. The van der Waals surface area contributed by atoms with Crippen molar-refractivity contribution in [1.82, 2.24) is 0 Å². The normalized spacial score (nSPS) is 41.1. The first-order chi connectivity index (χ1) is 14.8. The average molecular weight is 431 g/mol. The Bertz CT molecular complexity index is 811. The molecule has 4 heteroatoms. The van der Waals surface area contributed by atoms with Crippen LogP contribution >= 0.6 is 0 Å². The van der Waals surface area contributed by atoms with E-state index < -0.39 is 11.8 Å². The lowest BCUT2D eigenvalue weighted by Crippen LogP contribution is -2.53. The second-order valence-corrected chi connectivity index (χ2v) is 11.0. The van der Waals surface area contributed by atoms with Crippen LogP contribution in [0.1, 0.15) is 91.9 Å². The third-order valence-corrected chi connectivity index (χ3v) is 9.57. The Morgan fingerprint density at radius 2 is 1.87 bits per heavy atom. The monoisotopic (exact) mass is 430 g/mol. The molecule has 0 spiro atoms. The van der Waals surface area contributed by atoms with Crippen LogP contribution in [-0.4, -0.2) is 18.4 Å². The van der Waals surface area contributed by atoms with Gasteiger partial charge in [0.25, 0.3) is 0 Å². The lowest BCUT2D eigenvalue weighted by Gasteiger charge is -2.60. The quantitative estimate of drug-likeness (QED) is 0.359. The number of ketones is 1. The summed E-state index contributed by atoms with van der Waals surface area (Å²) in [6.07, 6.45) is 11.8. The van der Waals surface area contributed by atoms with Gasteiger partial charge >= 0.3 is 5.97 Å². The molecule has 172 valence electrons. The van der Waals surface area contributed by atoms with E-state index in [1.54, 1.807) is 6.92 Å². The Hall–Kier alpha value is -1.45. The zero-order chi connectivity index (χ0) is 22.4. The minimum absolute atomic E-state index is 0.106. The summed E-state index contributed by atoms with van der Waals surface area (Å²) in [5.41, 5.74) is 1.97. The molecule has 0 unspecified atom stereocenters. The van der Waals surface area contributed by atoms with Crippen LogP contribution in [-0.2, 0) is 14.3 Å². The standard InChI is InChI=1S/C27H39FO3/c1-5-7-8-17-15-18-16-19(29)11-13-26(18,3)21-12-14-27(4)20(23(17)21)9-10-22(27)24(28)25(30)31-6-2/h16-17,20-21,23H,5-15H2,1-4H3/t17-,20+,21+,23+,26+,27+/m1/s1. The van der Waals surface area contributed by atoms with E-state index in [9.17, 15) is 9.59 Å². The average Bonchev–Trinajstić information content (AvgIpc) is 3.09. The smallest absolute Gasteiger partial charge is 0.367 e. The number of allylic oxidation sites excluding steroid dienone is 2. The van der Waals surface area contributed by atoms with Crippen LogP contribution in [0.25, 0.3) is 0 Å². The molecule has 0 amide bonds. The number of ether oxygens (including phenoxy) is 1. The minimum Gasteiger partial charge on any atom is -0.461 e. The number of fused-ring (bicyclic) bond motifs is 5. The molecule has 0 aromatic carbocycles. The van der Waals surface area contributed by atoms with Gasteiger partial charge in [-0.1, -0.05) is 39.2 Å². The first kappa shape index (κ1) is 22.7. The lowest BCUT2D eigenvalue weighted by atomic mass is 9.44. The Morgan fingerprint density at radius 1 is 1.13 bits per heavy atom. The Balaban J connectivity index is 1.72. The molecular weight excluding hydrogens is 391 g/mol. The third kappa shape index (κ3) is 3.62. The number of esters is 1. The second-order valence-electron chi connectivity index (χ2n) is 11.0. The Morgan fingerprint density at radius 3 is 2.58 bits per heavy atom. The van der Waals surface area contributed by atoms with E-state index in [1.807, 2.05) is 6.08 Å². The van der Waals surface area contributed by atoms with Crippen molar-refractivity contribution >= 4 is 11.8 Å². The molecule has 6 atom stereocenters. The van der Waals surface area contributed by atoms with Gasteiger partial charge in [-0.15, -0.1) is 0 Å². The number of carbonyl (C=O) groups is 2. The molecule has 0 aliphatic heterocycles. The summed E-state index contributed by atoms with van der Waals surface area (Å²) in [6.45, 7) is 8.78. The molecule has 0 aromatic heterocycles. The van der Waals surface area contributed by atoms with Gasteiger partial charge in [0, 0.05) is 6.42 Å². The van der Waals surface area contributed by atoms with Crippen molar-refractivity contribution in [2.45, 2.75) is 91.9 Å². The van der Waals surface area contributed by atoms with E-state index in [4.69, 9.17) is 4.74 Å². The van der Waals surface area contributed by atoms with Crippen LogP contribution in [0.2, 0.25) is 0 Å². The summed E-state index contributed by atoms with van der Waals surface area (Å²) in [6, 6.07) is 0. The maximum absolute atomic E-state index is 15.2. The van der Waals surface area contributed by atoms with Crippen LogP contribution in [0.5, 0.6) is 0 Å². The van der Waals surface area contributed by atoms with Gasteiger partial charge in [-0.3, -0.25) is 4.79 Å². The number of hydrogen-bond acceptors (Lipinski definition) is 3. The number of unbranched alkanes of at least 4 members (excludes halogenated alkanes) is 1.